The van der Waals surface area contributed by atoms with Crippen molar-refractivity contribution in [3.63, 3.8) is 0 Å². The largest absolute Gasteiger partial charge is 0.374 e. The summed E-state index contributed by atoms with van der Waals surface area (Å²) in [5, 5.41) is 6.83. The van der Waals surface area contributed by atoms with Crippen molar-refractivity contribution in [2.75, 3.05) is 46.4 Å². The quantitative estimate of drug-likeness (QED) is 0.374. The number of hydrogen-bond acceptors (Lipinski definition) is 3. The van der Waals surface area contributed by atoms with Gasteiger partial charge in [-0.1, -0.05) is 30.3 Å². The first-order chi connectivity index (χ1) is 13.2. The Bertz CT molecular complexity index is 526. The molecule has 1 fully saturated rings. The number of ether oxygens (including phenoxy) is 1. The summed E-state index contributed by atoms with van der Waals surface area (Å²) in [4.78, 5) is 7.11. The van der Waals surface area contributed by atoms with E-state index < -0.39 is 0 Å². The van der Waals surface area contributed by atoms with E-state index in [1.165, 1.54) is 37.9 Å². The van der Waals surface area contributed by atoms with E-state index in [4.69, 9.17) is 4.74 Å². The van der Waals surface area contributed by atoms with E-state index in [1.807, 2.05) is 6.07 Å². The number of nitrogens with one attached hydrogen (secondary N) is 2. The summed E-state index contributed by atoms with van der Waals surface area (Å²) in [6.45, 7) is 10.1. The van der Waals surface area contributed by atoms with E-state index in [0.29, 0.717) is 0 Å². The molecule has 152 valence electrons. The van der Waals surface area contributed by atoms with Crippen LogP contribution in [0.25, 0.3) is 0 Å². The fourth-order valence-electron chi connectivity index (χ4n) is 3.42. The minimum absolute atomic E-state index is 0.135. The van der Waals surface area contributed by atoms with Crippen molar-refractivity contribution in [1.29, 1.82) is 0 Å². The van der Waals surface area contributed by atoms with Gasteiger partial charge in [0.1, 0.15) is 0 Å². The Morgan fingerprint density at radius 2 is 1.96 bits per heavy atom. The van der Waals surface area contributed by atoms with E-state index in [2.05, 4.69) is 65.7 Å². The van der Waals surface area contributed by atoms with Crippen LogP contribution in [0.2, 0.25) is 0 Å². The molecule has 2 N–H and O–H groups in total. The minimum Gasteiger partial charge on any atom is -0.374 e. The van der Waals surface area contributed by atoms with E-state index in [1.54, 1.807) is 0 Å². The summed E-state index contributed by atoms with van der Waals surface area (Å²) < 4.78 is 5.92. The second-order valence-corrected chi connectivity index (χ2v) is 7.50. The zero-order valence-corrected chi connectivity index (χ0v) is 17.4. The molecule has 1 heterocycles. The highest BCUT2D eigenvalue weighted by atomic mass is 16.5. The molecule has 1 aromatic rings. The Labute approximate surface area is 165 Å². The third kappa shape index (κ3) is 8.76. The van der Waals surface area contributed by atoms with Crippen LogP contribution in [0, 0.1) is 5.92 Å². The lowest BCUT2D eigenvalue weighted by Crippen LogP contribution is -2.39. The van der Waals surface area contributed by atoms with E-state index >= 15 is 0 Å². The molecule has 1 unspecified atom stereocenters. The highest BCUT2D eigenvalue weighted by Gasteiger charge is 2.16. The molecule has 1 saturated heterocycles. The van der Waals surface area contributed by atoms with Crippen molar-refractivity contribution in [2.45, 2.75) is 45.6 Å². The number of benzene rings is 1. The average molecular weight is 375 g/mol. The van der Waals surface area contributed by atoms with Gasteiger partial charge in [0.15, 0.2) is 5.96 Å². The van der Waals surface area contributed by atoms with Crippen molar-refractivity contribution in [2.24, 2.45) is 10.9 Å². The van der Waals surface area contributed by atoms with Gasteiger partial charge in [-0.15, -0.1) is 0 Å². The van der Waals surface area contributed by atoms with E-state index in [9.17, 15) is 0 Å². The predicted molar refractivity (Wildman–Crippen MR) is 114 cm³/mol. The number of nitrogens with zero attached hydrogens (tertiary/aromatic N) is 2. The fraction of sp³-hybridized carbons (Fsp3) is 0.682. The molecule has 0 bridgehead atoms. The molecular weight excluding hydrogens is 336 g/mol. The highest BCUT2D eigenvalue weighted by Crippen LogP contribution is 2.18. The maximum Gasteiger partial charge on any atom is 0.191 e. The lowest BCUT2D eigenvalue weighted by atomic mass is 9.94. The van der Waals surface area contributed by atoms with Crippen molar-refractivity contribution in [3.05, 3.63) is 35.9 Å². The van der Waals surface area contributed by atoms with Crippen LogP contribution in [0.15, 0.2) is 35.3 Å². The Hall–Kier alpha value is -1.59. The van der Waals surface area contributed by atoms with Gasteiger partial charge in [0.25, 0.3) is 0 Å². The summed E-state index contributed by atoms with van der Waals surface area (Å²) in [5.41, 5.74) is 1.23. The smallest absolute Gasteiger partial charge is 0.191 e. The van der Waals surface area contributed by atoms with Crippen molar-refractivity contribution in [1.82, 2.24) is 15.5 Å². The third-order valence-electron chi connectivity index (χ3n) is 5.24. The number of guanidine groups is 1. The molecule has 2 rings (SSSR count). The molecule has 5 nitrogen and oxygen atoms in total. The van der Waals surface area contributed by atoms with Crippen LogP contribution >= 0.6 is 0 Å². The first-order valence-electron chi connectivity index (χ1n) is 10.6. The molecule has 1 aliphatic rings. The number of likely N-dealkylation sites (tertiary alicyclic amines) is 1. The van der Waals surface area contributed by atoms with Gasteiger partial charge in [0.2, 0.25) is 0 Å². The maximum atomic E-state index is 5.92. The Balaban J connectivity index is 1.61. The van der Waals surface area contributed by atoms with Crippen molar-refractivity contribution in [3.8, 4) is 0 Å². The molecule has 27 heavy (non-hydrogen) atoms. The highest BCUT2D eigenvalue weighted by molar-refractivity contribution is 5.79. The average Bonchev–Trinajstić information content (AvgIpc) is 2.69. The Morgan fingerprint density at radius 3 is 2.67 bits per heavy atom. The summed E-state index contributed by atoms with van der Waals surface area (Å²) in [6.07, 6.45) is 4.95. The summed E-state index contributed by atoms with van der Waals surface area (Å²) in [5.74, 6) is 1.78. The minimum atomic E-state index is 0.135. The van der Waals surface area contributed by atoms with E-state index in [-0.39, 0.29) is 6.10 Å². The molecule has 0 amide bonds. The van der Waals surface area contributed by atoms with Crippen LogP contribution in [0.5, 0.6) is 0 Å². The van der Waals surface area contributed by atoms with Gasteiger partial charge in [-0.3, -0.25) is 4.99 Å². The number of rotatable bonds is 10. The molecule has 0 aliphatic carbocycles. The Kier molecular flexibility index (Phi) is 10.2. The van der Waals surface area contributed by atoms with Crippen LogP contribution in [0.4, 0.5) is 0 Å². The first kappa shape index (κ1) is 21.7. The van der Waals surface area contributed by atoms with Crippen LogP contribution in [-0.4, -0.2) is 57.2 Å². The third-order valence-corrected chi connectivity index (χ3v) is 5.24. The maximum absolute atomic E-state index is 5.92. The fourth-order valence-corrected chi connectivity index (χ4v) is 3.42. The van der Waals surface area contributed by atoms with Gasteiger partial charge in [-0.2, -0.15) is 0 Å². The topological polar surface area (TPSA) is 48.9 Å². The summed E-state index contributed by atoms with van der Waals surface area (Å²) in [7, 11) is 2.22. The molecule has 0 spiro atoms. The standard InChI is InChI=1S/C22H38N4O/c1-4-23-22(25-15-11-20-12-16-26(3)17-13-20)24-14-8-18-27-19(2)21-9-6-5-7-10-21/h5-7,9-10,19-20H,4,8,11-18H2,1-3H3,(H2,23,24,25). The lowest BCUT2D eigenvalue weighted by Gasteiger charge is -2.29. The van der Waals surface area contributed by atoms with Gasteiger partial charge < -0.3 is 20.3 Å². The van der Waals surface area contributed by atoms with Crippen molar-refractivity contribution >= 4 is 5.96 Å². The summed E-state index contributed by atoms with van der Waals surface area (Å²) in [6, 6.07) is 10.4. The number of piperidine rings is 1. The van der Waals surface area contributed by atoms with Gasteiger partial charge in [-0.25, -0.2) is 0 Å². The first-order valence-corrected chi connectivity index (χ1v) is 10.6. The van der Waals surface area contributed by atoms with Crippen LogP contribution in [0.1, 0.15) is 51.2 Å². The molecule has 0 saturated carbocycles. The molecule has 0 aromatic heterocycles. The van der Waals surface area contributed by atoms with E-state index in [0.717, 1.165) is 44.5 Å². The summed E-state index contributed by atoms with van der Waals surface area (Å²) >= 11 is 0. The molecule has 0 radical (unpaired) electrons. The van der Waals surface area contributed by atoms with Crippen LogP contribution in [0.3, 0.4) is 0 Å². The monoisotopic (exact) mass is 374 g/mol. The molecule has 1 aliphatic heterocycles. The second kappa shape index (κ2) is 12.7. The van der Waals surface area contributed by atoms with Crippen LogP contribution in [-0.2, 0) is 4.74 Å². The van der Waals surface area contributed by atoms with Gasteiger partial charge in [0, 0.05) is 26.2 Å². The predicted octanol–water partition coefficient (Wildman–Crippen LogP) is 3.44. The van der Waals surface area contributed by atoms with Gasteiger partial charge >= 0.3 is 0 Å². The Morgan fingerprint density at radius 1 is 1.22 bits per heavy atom. The van der Waals surface area contributed by atoms with Crippen LogP contribution < -0.4 is 10.6 Å². The zero-order valence-electron chi connectivity index (χ0n) is 17.4. The molecule has 5 heteroatoms. The normalized spacial score (nSPS) is 17.7. The molecule has 1 atom stereocenters. The molecule has 1 aromatic carbocycles. The SMILES string of the molecule is CCNC(=NCCCOC(C)c1ccccc1)NCCC1CCN(C)CC1. The molecular formula is C22H38N4O. The van der Waals surface area contributed by atoms with Gasteiger partial charge in [-0.05, 0) is 71.1 Å². The second-order valence-electron chi connectivity index (χ2n) is 7.50. The van der Waals surface area contributed by atoms with Crippen molar-refractivity contribution < 1.29 is 4.74 Å². The lowest BCUT2D eigenvalue weighted by molar-refractivity contribution is 0.0652. The number of aliphatic imine (C=N–C) groups is 1. The number of hydrogen-bond donors (Lipinski definition) is 2. The van der Waals surface area contributed by atoms with Gasteiger partial charge in [0.05, 0.1) is 6.10 Å². The zero-order chi connectivity index (χ0) is 19.3.